The highest BCUT2D eigenvalue weighted by Gasteiger charge is 2.37. The van der Waals surface area contributed by atoms with Gasteiger partial charge in [-0.1, -0.05) is 19.9 Å². The molecule has 1 rings (SSSR count). The molecule has 1 aliphatic heterocycles. The molecule has 0 aromatic carbocycles. The maximum absolute atomic E-state index is 12.0. The Kier molecular flexibility index (Phi) is 5.81. The molecule has 1 amide bonds. The molecule has 5 heteroatoms. The van der Waals surface area contributed by atoms with Crippen molar-refractivity contribution in [2.24, 2.45) is 11.8 Å². The van der Waals surface area contributed by atoms with Gasteiger partial charge < -0.3 is 14.8 Å². The van der Waals surface area contributed by atoms with E-state index < -0.39 is 11.7 Å². The van der Waals surface area contributed by atoms with Crippen molar-refractivity contribution in [3.05, 3.63) is 12.7 Å². The van der Waals surface area contributed by atoms with Crippen LogP contribution in [0.1, 0.15) is 47.5 Å². The zero-order chi connectivity index (χ0) is 16.2. The molecular weight excluding hydrogens is 270 g/mol. The smallest absolute Gasteiger partial charge is 0.408 e. The Morgan fingerprint density at radius 3 is 2.62 bits per heavy atom. The largest absolute Gasteiger partial charge is 0.460 e. The number of cyclic esters (lactones) is 1. The van der Waals surface area contributed by atoms with Crippen molar-refractivity contribution in [1.29, 1.82) is 0 Å². The zero-order valence-corrected chi connectivity index (χ0v) is 13.6. The molecule has 0 radical (unpaired) electrons. The Labute approximate surface area is 127 Å². The zero-order valence-electron chi connectivity index (χ0n) is 13.6. The molecule has 1 saturated heterocycles. The second-order valence-electron chi connectivity index (χ2n) is 6.81. The van der Waals surface area contributed by atoms with Crippen molar-refractivity contribution in [1.82, 2.24) is 5.32 Å². The SMILES string of the molecule is C=CC(C)CC(NC(=O)OC(C)(C)C)C1CC(C)C(=O)O1. The first-order valence-electron chi connectivity index (χ1n) is 7.45. The van der Waals surface area contributed by atoms with E-state index in [9.17, 15) is 9.59 Å². The molecule has 1 N–H and O–H groups in total. The summed E-state index contributed by atoms with van der Waals surface area (Å²) >= 11 is 0. The topological polar surface area (TPSA) is 64.6 Å². The average molecular weight is 297 g/mol. The van der Waals surface area contributed by atoms with Gasteiger partial charge in [0.1, 0.15) is 11.7 Å². The van der Waals surface area contributed by atoms with Crippen LogP contribution >= 0.6 is 0 Å². The number of carbonyl (C=O) groups excluding carboxylic acids is 2. The minimum Gasteiger partial charge on any atom is -0.460 e. The highest BCUT2D eigenvalue weighted by molar-refractivity contribution is 5.74. The van der Waals surface area contributed by atoms with E-state index in [-0.39, 0.29) is 30.0 Å². The molecule has 21 heavy (non-hydrogen) atoms. The summed E-state index contributed by atoms with van der Waals surface area (Å²) in [5.41, 5.74) is -0.557. The number of hydrogen-bond donors (Lipinski definition) is 1. The molecule has 1 fully saturated rings. The number of nitrogens with one attached hydrogen (secondary N) is 1. The third-order valence-corrected chi connectivity index (χ3v) is 3.43. The fraction of sp³-hybridized carbons (Fsp3) is 0.750. The summed E-state index contributed by atoms with van der Waals surface area (Å²) in [6.45, 7) is 13.0. The number of amides is 1. The summed E-state index contributed by atoms with van der Waals surface area (Å²) in [6.07, 6.45) is 2.31. The molecule has 5 nitrogen and oxygen atoms in total. The summed E-state index contributed by atoms with van der Waals surface area (Å²) < 4.78 is 10.6. The quantitative estimate of drug-likeness (QED) is 0.626. The maximum Gasteiger partial charge on any atom is 0.408 e. The van der Waals surface area contributed by atoms with Crippen LogP contribution in [0, 0.1) is 11.8 Å². The van der Waals surface area contributed by atoms with Crippen LogP contribution < -0.4 is 5.32 Å². The lowest BCUT2D eigenvalue weighted by molar-refractivity contribution is -0.145. The van der Waals surface area contributed by atoms with E-state index in [0.717, 1.165) is 0 Å². The lowest BCUT2D eigenvalue weighted by atomic mass is 9.94. The van der Waals surface area contributed by atoms with E-state index in [1.165, 1.54) is 0 Å². The van der Waals surface area contributed by atoms with Crippen molar-refractivity contribution in [3.8, 4) is 0 Å². The molecule has 0 bridgehead atoms. The molecule has 120 valence electrons. The van der Waals surface area contributed by atoms with Crippen LogP contribution in [0.2, 0.25) is 0 Å². The monoisotopic (exact) mass is 297 g/mol. The van der Waals surface area contributed by atoms with Gasteiger partial charge in [0.25, 0.3) is 0 Å². The van der Waals surface area contributed by atoms with E-state index in [4.69, 9.17) is 9.47 Å². The van der Waals surface area contributed by atoms with Gasteiger partial charge in [0, 0.05) is 0 Å². The lowest BCUT2D eigenvalue weighted by Crippen LogP contribution is -2.46. The van der Waals surface area contributed by atoms with Crippen LogP contribution in [-0.4, -0.2) is 29.8 Å². The van der Waals surface area contributed by atoms with Gasteiger partial charge in [-0.3, -0.25) is 4.79 Å². The number of carbonyl (C=O) groups is 2. The fourth-order valence-corrected chi connectivity index (χ4v) is 2.26. The third-order valence-electron chi connectivity index (χ3n) is 3.43. The molecule has 0 saturated carbocycles. The number of allylic oxidation sites excluding steroid dienone is 1. The Hall–Kier alpha value is -1.52. The van der Waals surface area contributed by atoms with Crippen molar-refractivity contribution < 1.29 is 19.1 Å². The van der Waals surface area contributed by atoms with Crippen LogP contribution in [0.4, 0.5) is 4.79 Å². The van der Waals surface area contributed by atoms with E-state index in [0.29, 0.717) is 12.8 Å². The summed E-state index contributed by atoms with van der Waals surface area (Å²) in [5, 5.41) is 2.84. The van der Waals surface area contributed by atoms with Gasteiger partial charge in [-0.05, 0) is 39.5 Å². The molecule has 1 aliphatic rings. The summed E-state index contributed by atoms with van der Waals surface area (Å²) in [5.74, 6) is -0.126. The highest BCUT2D eigenvalue weighted by Crippen LogP contribution is 2.26. The van der Waals surface area contributed by atoms with E-state index >= 15 is 0 Å². The molecule has 0 aliphatic carbocycles. The second kappa shape index (κ2) is 6.96. The Morgan fingerprint density at radius 2 is 2.19 bits per heavy atom. The van der Waals surface area contributed by atoms with Gasteiger partial charge in [0.15, 0.2) is 0 Å². The van der Waals surface area contributed by atoms with Gasteiger partial charge >= 0.3 is 12.1 Å². The summed E-state index contributed by atoms with van der Waals surface area (Å²) in [4.78, 5) is 23.5. The lowest BCUT2D eigenvalue weighted by Gasteiger charge is -2.27. The fourth-order valence-electron chi connectivity index (χ4n) is 2.26. The Bertz CT molecular complexity index is 400. The van der Waals surface area contributed by atoms with Crippen LogP contribution in [-0.2, 0) is 14.3 Å². The number of alkyl carbamates (subject to hydrolysis) is 1. The molecule has 4 atom stereocenters. The molecule has 0 aromatic rings. The first-order chi connectivity index (χ1) is 9.62. The molecule has 0 spiro atoms. The Balaban J connectivity index is 2.71. The van der Waals surface area contributed by atoms with Crippen LogP contribution in [0.25, 0.3) is 0 Å². The van der Waals surface area contributed by atoms with Crippen molar-refractivity contribution in [2.75, 3.05) is 0 Å². The second-order valence-corrected chi connectivity index (χ2v) is 6.81. The standard InChI is InChI=1S/C16H27NO4/c1-7-10(2)8-12(13-9-11(3)14(18)20-13)17-15(19)21-16(4,5)6/h7,10-13H,1,8-9H2,2-6H3,(H,17,19). The Morgan fingerprint density at radius 1 is 1.57 bits per heavy atom. The maximum atomic E-state index is 12.0. The van der Waals surface area contributed by atoms with Gasteiger partial charge in [-0.2, -0.15) is 0 Å². The van der Waals surface area contributed by atoms with Gasteiger partial charge in [0.05, 0.1) is 12.0 Å². The normalized spacial score (nSPS) is 24.9. The summed E-state index contributed by atoms with van der Waals surface area (Å²) in [6, 6.07) is -0.262. The number of esters is 1. The predicted octanol–water partition coefficient (Wildman–Crippen LogP) is 3.04. The van der Waals surface area contributed by atoms with E-state index in [2.05, 4.69) is 11.9 Å². The van der Waals surface area contributed by atoms with Crippen LogP contribution in [0.3, 0.4) is 0 Å². The molecule has 4 unspecified atom stereocenters. The predicted molar refractivity (Wildman–Crippen MR) is 80.8 cm³/mol. The van der Waals surface area contributed by atoms with Crippen LogP contribution in [0.5, 0.6) is 0 Å². The molecular formula is C16H27NO4. The van der Waals surface area contributed by atoms with Gasteiger partial charge in [-0.15, -0.1) is 6.58 Å². The van der Waals surface area contributed by atoms with E-state index in [1.54, 1.807) is 0 Å². The first-order valence-corrected chi connectivity index (χ1v) is 7.45. The van der Waals surface area contributed by atoms with Gasteiger partial charge in [0.2, 0.25) is 0 Å². The van der Waals surface area contributed by atoms with Gasteiger partial charge in [-0.25, -0.2) is 4.79 Å². The third kappa shape index (κ3) is 5.78. The minimum absolute atomic E-state index is 0.128. The molecule has 1 heterocycles. The summed E-state index contributed by atoms with van der Waals surface area (Å²) in [7, 11) is 0. The van der Waals surface area contributed by atoms with E-state index in [1.807, 2.05) is 40.7 Å². The number of hydrogen-bond acceptors (Lipinski definition) is 4. The minimum atomic E-state index is -0.557. The van der Waals surface area contributed by atoms with Crippen LogP contribution in [0.15, 0.2) is 12.7 Å². The van der Waals surface area contributed by atoms with Crippen molar-refractivity contribution in [3.63, 3.8) is 0 Å². The number of ether oxygens (including phenoxy) is 2. The van der Waals surface area contributed by atoms with Crippen molar-refractivity contribution in [2.45, 2.75) is 65.2 Å². The average Bonchev–Trinajstić information content (AvgIpc) is 2.66. The highest BCUT2D eigenvalue weighted by atomic mass is 16.6. The molecule has 0 aromatic heterocycles. The van der Waals surface area contributed by atoms with Crippen molar-refractivity contribution >= 4 is 12.1 Å². The first kappa shape index (κ1) is 17.5. The number of rotatable bonds is 5.